The Labute approximate surface area is 72.0 Å². The number of hydrogen-bond donors (Lipinski definition) is 2. The Hall–Kier alpha value is -0.880. The Morgan fingerprint density at radius 2 is 2.36 bits per heavy atom. The first-order valence-corrected chi connectivity index (χ1v) is 3.81. The molecular formula is C8H10N2S. The number of hydrogen-bond acceptors (Lipinski definition) is 3. The first kappa shape index (κ1) is 8.22. The summed E-state index contributed by atoms with van der Waals surface area (Å²) in [6, 6.07) is 2.13. The molecule has 0 amide bonds. The van der Waals surface area contributed by atoms with Gasteiger partial charge in [-0.1, -0.05) is 0 Å². The number of allylic oxidation sites excluding steroid dienone is 2. The van der Waals surface area contributed by atoms with E-state index in [4.69, 9.17) is 5.26 Å². The molecule has 0 aromatic rings. The van der Waals surface area contributed by atoms with Gasteiger partial charge in [-0.15, -0.1) is 12.6 Å². The van der Waals surface area contributed by atoms with E-state index < -0.39 is 4.87 Å². The Morgan fingerprint density at radius 1 is 1.73 bits per heavy atom. The van der Waals surface area contributed by atoms with E-state index in [1.54, 1.807) is 0 Å². The molecule has 1 aliphatic rings. The van der Waals surface area contributed by atoms with Gasteiger partial charge in [-0.3, -0.25) is 0 Å². The molecule has 0 fully saturated rings. The van der Waals surface area contributed by atoms with Crippen molar-refractivity contribution in [3.8, 4) is 6.07 Å². The molecule has 3 heteroatoms. The number of thiol groups is 1. The van der Waals surface area contributed by atoms with Crippen molar-refractivity contribution in [2.45, 2.75) is 18.7 Å². The van der Waals surface area contributed by atoms with E-state index in [0.717, 1.165) is 5.57 Å². The molecule has 11 heavy (non-hydrogen) atoms. The lowest BCUT2D eigenvalue weighted by atomic mass is 10.0. The lowest BCUT2D eigenvalue weighted by Gasteiger charge is -2.27. The molecule has 0 bridgehead atoms. The van der Waals surface area contributed by atoms with Gasteiger partial charge in [0, 0.05) is 0 Å². The van der Waals surface area contributed by atoms with Crippen LogP contribution in [-0.2, 0) is 0 Å². The fourth-order valence-electron chi connectivity index (χ4n) is 1.07. The quantitative estimate of drug-likeness (QED) is 0.536. The van der Waals surface area contributed by atoms with Gasteiger partial charge in [-0.25, -0.2) is 0 Å². The van der Waals surface area contributed by atoms with Gasteiger partial charge in [0.15, 0.2) is 0 Å². The van der Waals surface area contributed by atoms with Crippen molar-refractivity contribution in [1.29, 1.82) is 5.26 Å². The molecule has 0 aliphatic carbocycles. The summed E-state index contributed by atoms with van der Waals surface area (Å²) in [5, 5.41) is 11.8. The largest absolute Gasteiger partial charge is 0.373 e. The normalized spacial score (nSPS) is 29.6. The van der Waals surface area contributed by atoms with Crippen LogP contribution in [0.4, 0.5) is 0 Å². The van der Waals surface area contributed by atoms with E-state index in [9.17, 15) is 0 Å². The molecule has 0 aromatic heterocycles. The van der Waals surface area contributed by atoms with Crippen LogP contribution in [0.2, 0.25) is 0 Å². The van der Waals surface area contributed by atoms with Gasteiger partial charge in [0.05, 0.1) is 11.6 Å². The molecule has 1 aliphatic heterocycles. The minimum absolute atomic E-state index is 0.506. The van der Waals surface area contributed by atoms with Gasteiger partial charge < -0.3 is 5.32 Å². The van der Waals surface area contributed by atoms with Crippen LogP contribution in [0.1, 0.15) is 13.8 Å². The Bertz CT molecular complexity index is 268. The molecule has 1 rings (SSSR count). The second-order valence-electron chi connectivity index (χ2n) is 2.72. The first-order valence-electron chi connectivity index (χ1n) is 3.36. The van der Waals surface area contributed by atoms with Gasteiger partial charge >= 0.3 is 0 Å². The molecule has 1 heterocycles. The third kappa shape index (κ3) is 1.41. The number of rotatable bonds is 0. The third-order valence-corrected chi connectivity index (χ3v) is 2.04. The van der Waals surface area contributed by atoms with Crippen LogP contribution < -0.4 is 5.32 Å². The smallest absolute Gasteiger partial charge is 0.113 e. The lowest BCUT2D eigenvalue weighted by molar-refractivity contribution is 0.674. The predicted octanol–water partition coefficient (Wildman–Crippen LogP) is 1.59. The maximum Gasteiger partial charge on any atom is 0.113 e. The average Bonchev–Trinajstić information content (AvgIpc) is 1.86. The van der Waals surface area contributed by atoms with E-state index in [1.165, 1.54) is 0 Å². The van der Waals surface area contributed by atoms with Crippen LogP contribution >= 0.6 is 12.6 Å². The highest BCUT2D eigenvalue weighted by Gasteiger charge is 2.26. The van der Waals surface area contributed by atoms with Crippen LogP contribution in [0.5, 0.6) is 0 Å². The highest BCUT2D eigenvalue weighted by molar-refractivity contribution is 7.82. The molecule has 2 nitrogen and oxygen atoms in total. The Balaban J connectivity index is 3.13. The topological polar surface area (TPSA) is 35.8 Å². The van der Waals surface area contributed by atoms with Gasteiger partial charge in [0.1, 0.15) is 4.87 Å². The van der Waals surface area contributed by atoms with E-state index >= 15 is 0 Å². The van der Waals surface area contributed by atoms with Gasteiger partial charge in [-0.05, 0) is 31.7 Å². The zero-order chi connectivity index (χ0) is 8.48. The van der Waals surface area contributed by atoms with E-state index in [1.807, 2.05) is 26.1 Å². The van der Waals surface area contributed by atoms with Gasteiger partial charge in [0.2, 0.25) is 0 Å². The fraction of sp³-hybridized carbons (Fsp3) is 0.375. The van der Waals surface area contributed by atoms with Gasteiger partial charge in [-0.2, -0.15) is 5.26 Å². The minimum atomic E-state index is -0.506. The number of nitrogens with one attached hydrogen (secondary N) is 1. The predicted molar refractivity (Wildman–Crippen MR) is 48.0 cm³/mol. The van der Waals surface area contributed by atoms with Crippen molar-refractivity contribution >= 4 is 12.6 Å². The van der Waals surface area contributed by atoms with Crippen molar-refractivity contribution in [2.75, 3.05) is 0 Å². The summed E-state index contributed by atoms with van der Waals surface area (Å²) in [5.74, 6) is 0. The molecule has 1 unspecified atom stereocenters. The monoisotopic (exact) mass is 166 g/mol. The summed E-state index contributed by atoms with van der Waals surface area (Å²) >= 11 is 4.31. The van der Waals surface area contributed by atoms with E-state index in [2.05, 4.69) is 24.0 Å². The molecular weight excluding hydrogens is 156 g/mol. The molecule has 0 spiro atoms. The van der Waals surface area contributed by atoms with Crippen molar-refractivity contribution in [3.63, 3.8) is 0 Å². The zero-order valence-corrected chi connectivity index (χ0v) is 7.44. The third-order valence-electron chi connectivity index (χ3n) is 1.69. The summed E-state index contributed by atoms with van der Waals surface area (Å²) in [4.78, 5) is -0.506. The molecule has 1 atom stereocenters. The minimum Gasteiger partial charge on any atom is -0.373 e. The second kappa shape index (κ2) is 2.63. The standard InChI is InChI=1S/C8H10N2S/c1-6-3-4-10-8(2,11)7(6)5-9/h3-4,10-11H,1-2H3. The highest BCUT2D eigenvalue weighted by Crippen LogP contribution is 2.26. The maximum absolute atomic E-state index is 8.77. The Kier molecular flexibility index (Phi) is 1.97. The number of nitrogens with zero attached hydrogens (tertiary/aromatic N) is 1. The molecule has 0 saturated carbocycles. The van der Waals surface area contributed by atoms with Crippen molar-refractivity contribution in [3.05, 3.63) is 23.4 Å². The van der Waals surface area contributed by atoms with Crippen molar-refractivity contribution < 1.29 is 0 Å². The summed E-state index contributed by atoms with van der Waals surface area (Å²) < 4.78 is 0. The number of dihydropyridines is 1. The average molecular weight is 166 g/mol. The molecule has 0 radical (unpaired) electrons. The lowest BCUT2D eigenvalue weighted by Crippen LogP contribution is -2.37. The fourth-order valence-corrected chi connectivity index (χ4v) is 1.37. The van der Waals surface area contributed by atoms with Crippen LogP contribution in [0.25, 0.3) is 0 Å². The second-order valence-corrected chi connectivity index (χ2v) is 3.61. The molecule has 0 saturated heterocycles. The summed E-state index contributed by atoms with van der Waals surface area (Å²) in [6.07, 6.45) is 3.68. The van der Waals surface area contributed by atoms with Gasteiger partial charge in [0.25, 0.3) is 0 Å². The highest BCUT2D eigenvalue weighted by atomic mass is 32.1. The molecule has 58 valence electrons. The van der Waals surface area contributed by atoms with E-state index in [0.29, 0.717) is 5.57 Å². The van der Waals surface area contributed by atoms with Crippen LogP contribution in [-0.4, -0.2) is 4.87 Å². The first-order chi connectivity index (χ1) is 5.08. The maximum atomic E-state index is 8.77. The van der Waals surface area contributed by atoms with E-state index in [-0.39, 0.29) is 0 Å². The number of nitriles is 1. The van der Waals surface area contributed by atoms with Crippen molar-refractivity contribution in [2.24, 2.45) is 0 Å². The van der Waals surface area contributed by atoms with Crippen LogP contribution in [0.15, 0.2) is 23.4 Å². The molecule has 0 aromatic carbocycles. The zero-order valence-electron chi connectivity index (χ0n) is 6.55. The molecule has 1 N–H and O–H groups in total. The summed E-state index contributed by atoms with van der Waals surface area (Å²) in [5.41, 5.74) is 1.66. The summed E-state index contributed by atoms with van der Waals surface area (Å²) in [7, 11) is 0. The van der Waals surface area contributed by atoms with Crippen LogP contribution in [0.3, 0.4) is 0 Å². The Morgan fingerprint density at radius 3 is 2.73 bits per heavy atom. The van der Waals surface area contributed by atoms with Crippen molar-refractivity contribution in [1.82, 2.24) is 5.32 Å². The van der Waals surface area contributed by atoms with Crippen LogP contribution in [0, 0.1) is 11.3 Å². The SMILES string of the molecule is CC1=C(C#N)C(C)(S)NC=C1. The summed E-state index contributed by atoms with van der Waals surface area (Å²) in [6.45, 7) is 3.77.